The number of carbonyl (C=O) groups excluding carboxylic acids is 3. The molecule has 2 aliphatic carbocycles. The van der Waals surface area contributed by atoms with Crippen LogP contribution in [-0.2, 0) is 31.0 Å². The number of piperidine rings is 1. The number of alkyl halides is 3. The van der Waals surface area contributed by atoms with Crippen LogP contribution in [0.2, 0.25) is 0 Å². The first-order valence-electron chi connectivity index (χ1n) is 15.9. The van der Waals surface area contributed by atoms with Crippen molar-refractivity contribution in [3.63, 3.8) is 0 Å². The van der Waals surface area contributed by atoms with Crippen LogP contribution in [0.3, 0.4) is 0 Å². The summed E-state index contributed by atoms with van der Waals surface area (Å²) in [5.74, 6) is -0.805. The minimum absolute atomic E-state index is 0.0704. The van der Waals surface area contributed by atoms with E-state index < -0.39 is 41.5 Å². The van der Waals surface area contributed by atoms with Crippen molar-refractivity contribution >= 4 is 23.9 Å². The molecule has 0 radical (unpaired) electrons. The van der Waals surface area contributed by atoms with Gasteiger partial charge in [0.2, 0.25) is 5.91 Å². The van der Waals surface area contributed by atoms with Gasteiger partial charge in [-0.15, -0.1) is 13.2 Å². The standard InChI is InChI=1S/C35H39F3N2O7/c1-20(2)19-40(29(43)12-9-23-7-6-8-25(17-23)47-35(36,37)38)26-13-14-34(46-22(4)42)28-18-24-10-11-27(44-21(3)41)31-30(24)33(34,32(26)45-31)15-16-39(28)5/h6-12,17,20,26,28,32H,13-16,18-19H2,1-5H3/b12-9+/t26?,28-,32?,33+,34-/m1/s1. The van der Waals surface area contributed by atoms with Gasteiger partial charge in [0.05, 0.1) is 17.5 Å². The van der Waals surface area contributed by atoms with Gasteiger partial charge >= 0.3 is 18.3 Å². The van der Waals surface area contributed by atoms with Crippen molar-refractivity contribution in [3.05, 3.63) is 59.2 Å². The van der Waals surface area contributed by atoms with Crippen LogP contribution < -0.4 is 14.2 Å². The maximum atomic E-state index is 14.1. The summed E-state index contributed by atoms with van der Waals surface area (Å²) in [6, 6.07) is 8.53. The summed E-state index contributed by atoms with van der Waals surface area (Å²) in [5.41, 5.74) is 0.514. The summed E-state index contributed by atoms with van der Waals surface area (Å²) >= 11 is 0. The second-order valence-electron chi connectivity index (χ2n) is 13.4. The van der Waals surface area contributed by atoms with E-state index in [1.54, 1.807) is 17.0 Å². The molecule has 1 amide bonds. The predicted octanol–water partition coefficient (Wildman–Crippen LogP) is 5.43. The van der Waals surface area contributed by atoms with Crippen LogP contribution in [0, 0.1) is 5.92 Å². The van der Waals surface area contributed by atoms with Crippen molar-refractivity contribution < 1.29 is 46.5 Å². The second-order valence-corrected chi connectivity index (χ2v) is 13.4. The fraction of sp³-hybridized carbons (Fsp3) is 0.514. The highest BCUT2D eigenvalue weighted by Gasteiger charge is 2.75. The Morgan fingerprint density at radius 3 is 2.57 bits per heavy atom. The SMILES string of the molecule is CC(=O)Oc1ccc2c3c1OC1C(N(CC(C)C)C(=O)/C=C/c4cccc(OC(F)(F)F)c4)CC[C@@]4(OC(C)=O)[C@@H](C2)N(C)CC[C@]314. The molecule has 1 spiro atoms. The molecule has 47 heavy (non-hydrogen) atoms. The molecule has 2 aromatic rings. The fourth-order valence-electron chi connectivity index (χ4n) is 8.56. The van der Waals surface area contributed by atoms with Crippen LogP contribution in [-0.4, -0.2) is 77.9 Å². The number of likely N-dealkylation sites (tertiary alicyclic amines) is 1. The summed E-state index contributed by atoms with van der Waals surface area (Å²) in [7, 11) is 2.03. The first kappa shape index (κ1) is 32.9. The van der Waals surface area contributed by atoms with Crippen LogP contribution in [0.5, 0.6) is 17.2 Å². The monoisotopic (exact) mass is 656 g/mol. The maximum absolute atomic E-state index is 14.1. The zero-order valence-corrected chi connectivity index (χ0v) is 27.1. The molecule has 2 aliphatic heterocycles. The second kappa shape index (κ2) is 11.9. The molecule has 0 N–H and O–H groups in total. The molecule has 0 aromatic heterocycles. The van der Waals surface area contributed by atoms with E-state index in [1.165, 1.54) is 44.2 Å². The van der Waals surface area contributed by atoms with Crippen LogP contribution >= 0.6 is 0 Å². The molecule has 1 saturated carbocycles. The minimum Gasteiger partial charge on any atom is -0.483 e. The van der Waals surface area contributed by atoms with E-state index in [1.807, 2.05) is 27.0 Å². The first-order chi connectivity index (χ1) is 22.1. The highest BCUT2D eigenvalue weighted by Crippen LogP contribution is 2.67. The number of hydrogen-bond acceptors (Lipinski definition) is 8. The quantitative estimate of drug-likeness (QED) is 0.211. The topological polar surface area (TPSA) is 94.6 Å². The van der Waals surface area contributed by atoms with Crippen LogP contribution in [0.1, 0.15) is 63.6 Å². The number of rotatable bonds is 8. The third kappa shape index (κ3) is 5.64. The normalized spacial score (nSPS) is 27.6. The Hall–Kier alpha value is -4.06. The molecular formula is C35H39F3N2O7. The summed E-state index contributed by atoms with van der Waals surface area (Å²) in [5, 5.41) is 0. The number of halogens is 3. The number of carbonyl (C=O) groups is 3. The summed E-state index contributed by atoms with van der Waals surface area (Å²) in [6.45, 7) is 7.82. The average Bonchev–Trinajstić information content (AvgIpc) is 3.32. The lowest BCUT2D eigenvalue weighted by Gasteiger charge is -2.65. The highest BCUT2D eigenvalue weighted by molar-refractivity contribution is 5.92. The van der Waals surface area contributed by atoms with Gasteiger partial charge < -0.3 is 23.8 Å². The lowest BCUT2D eigenvalue weighted by atomic mass is 9.48. The van der Waals surface area contributed by atoms with Crippen molar-refractivity contribution in [2.24, 2.45) is 5.92 Å². The van der Waals surface area contributed by atoms with Crippen molar-refractivity contribution in [2.45, 2.75) is 88.9 Å². The molecule has 6 rings (SSSR count). The van der Waals surface area contributed by atoms with Crippen LogP contribution in [0.25, 0.3) is 6.08 Å². The third-order valence-corrected chi connectivity index (χ3v) is 9.98. The van der Waals surface area contributed by atoms with Gasteiger partial charge in [0.15, 0.2) is 11.5 Å². The molecule has 12 heteroatoms. The summed E-state index contributed by atoms with van der Waals surface area (Å²) in [4.78, 5) is 43.1. The molecule has 2 unspecified atom stereocenters. The van der Waals surface area contributed by atoms with E-state index in [0.717, 1.165) is 11.1 Å². The van der Waals surface area contributed by atoms with Gasteiger partial charge in [0.25, 0.3) is 0 Å². The summed E-state index contributed by atoms with van der Waals surface area (Å²) in [6.07, 6.45) is -0.492. The Balaban J connectivity index is 1.43. The van der Waals surface area contributed by atoms with Crippen molar-refractivity contribution in [1.82, 2.24) is 9.80 Å². The van der Waals surface area contributed by atoms with E-state index in [0.29, 0.717) is 50.1 Å². The number of amides is 1. The van der Waals surface area contributed by atoms with Gasteiger partial charge in [-0.05, 0) is 80.6 Å². The Labute approximate surface area is 271 Å². The number of benzene rings is 2. The highest BCUT2D eigenvalue weighted by atomic mass is 19.4. The Bertz CT molecular complexity index is 1620. The first-order valence-corrected chi connectivity index (χ1v) is 15.9. The van der Waals surface area contributed by atoms with Gasteiger partial charge in [-0.2, -0.15) is 0 Å². The molecule has 4 aliphatic rings. The van der Waals surface area contributed by atoms with E-state index >= 15 is 0 Å². The molecule has 9 nitrogen and oxygen atoms in total. The molecular weight excluding hydrogens is 617 g/mol. The number of hydrogen-bond donors (Lipinski definition) is 0. The molecule has 2 aromatic carbocycles. The van der Waals surface area contributed by atoms with E-state index in [-0.39, 0.29) is 29.4 Å². The number of ether oxygens (including phenoxy) is 4. The van der Waals surface area contributed by atoms with E-state index in [2.05, 4.69) is 9.64 Å². The molecule has 5 atom stereocenters. The number of nitrogens with zero attached hydrogens (tertiary/aromatic N) is 2. The van der Waals surface area contributed by atoms with Crippen LogP contribution in [0.15, 0.2) is 42.5 Å². The molecule has 1 saturated heterocycles. The summed E-state index contributed by atoms with van der Waals surface area (Å²) < 4.78 is 61.4. The Morgan fingerprint density at radius 2 is 1.89 bits per heavy atom. The minimum atomic E-state index is -4.84. The molecule has 2 bridgehead atoms. The Morgan fingerprint density at radius 1 is 1.13 bits per heavy atom. The van der Waals surface area contributed by atoms with Gasteiger partial charge in [0, 0.05) is 32.0 Å². The van der Waals surface area contributed by atoms with E-state index in [9.17, 15) is 27.6 Å². The number of esters is 2. The average molecular weight is 657 g/mol. The van der Waals surface area contributed by atoms with Gasteiger partial charge in [-0.1, -0.05) is 32.0 Å². The van der Waals surface area contributed by atoms with Crippen molar-refractivity contribution in [2.75, 3.05) is 20.1 Å². The zero-order chi connectivity index (χ0) is 33.9. The molecule has 2 heterocycles. The zero-order valence-electron chi connectivity index (χ0n) is 27.1. The third-order valence-electron chi connectivity index (χ3n) is 9.98. The van der Waals surface area contributed by atoms with Crippen molar-refractivity contribution in [3.8, 4) is 17.2 Å². The lowest BCUT2D eigenvalue weighted by molar-refractivity contribution is -0.274. The lowest BCUT2D eigenvalue weighted by Crippen LogP contribution is -2.79. The fourth-order valence-corrected chi connectivity index (χ4v) is 8.56. The van der Waals surface area contributed by atoms with Gasteiger partial charge in [-0.25, -0.2) is 0 Å². The van der Waals surface area contributed by atoms with Gasteiger partial charge in [-0.3, -0.25) is 19.3 Å². The van der Waals surface area contributed by atoms with Crippen molar-refractivity contribution in [1.29, 1.82) is 0 Å². The smallest absolute Gasteiger partial charge is 0.483 e. The van der Waals surface area contributed by atoms with Gasteiger partial charge in [0.1, 0.15) is 17.5 Å². The molecule has 2 fully saturated rings. The number of likely N-dealkylation sites (N-methyl/N-ethyl adjacent to an activating group) is 1. The largest absolute Gasteiger partial charge is 0.573 e. The maximum Gasteiger partial charge on any atom is 0.573 e. The Kier molecular flexibility index (Phi) is 8.30. The molecule has 252 valence electrons. The van der Waals surface area contributed by atoms with Crippen LogP contribution in [0.4, 0.5) is 13.2 Å². The van der Waals surface area contributed by atoms with E-state index in [4.69, 9.17) is 14.2 Å². The predicted molar refractivity (Wildman–Crippen MR) is 165 cm³/mol.